The van der Waals surface area contributed by atoms with E-state index in [1.54, 1.807) is 0 Å². The first kappa shape index (κ1) is 27.5. The van der Waals surface area contributed by atoms with Gasteiger partial charge in [-0.3, -0.25) is 4.57 Å². The van der Waals surface area contributed by atoms with Gasteiger partial charge in [-0.15, -0.1) is 0 Å². The minimum atomic E-state index is 0.328. The summed E-state index contributed by atoms with van der Waals surface area (Å²) in [4.78, 5) is 5.37. The second kappa shape index (κ2) is 10.2. The quantitative estimate of drug-likeness (QED) is 0.201. The molecule has 0 aliphatic rings. The molecule has 0 radical (unpaired) electrons. The van der Waals surface area contributed by atoms with Gasteiger partial charge in [0.15, 0.2) is 0 Å². The van der Waals surface area contributed by atoms with Crippen LogP contribution in [-0.2, 0) is 0 Å². The fraction of sp³-hybridized carbons (Fsp3) is 0.195. The molecule has 0 saturated heterocycles. The van der Waals surface area contributed by atoms with Crippen molar-refractivity contribution in [3.8, 4) is 28.4 Å². The number of para-hydroxylation sites is 3. The summed E-state index contributed by atoms with van der Waals surface area (Å²) in [5, 5.41) is 3.10. The average Bonchev–Trinajstić information content (AvgIpc) is 3.71. The Kier molecular flexibility index (Phi) is 6.25. The molecule has 0 spiro atoms. The van der Waals surface area contributed by atoms with Crippen LogP contribution in [0.5, 0.6) is 0 Å². The molecule has 0 bridgehead atoms. The molecule has 0 aliphatic heterocycles. The second-order valence-corrected chi connectivity index (χ2v) is 12.9. The van der Waals surface area contributed by atoms with E-state index in [0.717, 1.165) is 77.8 Å². The highest BCUT2D eigenvalue weighted by atomic mass is 16.3. The molecule has 0 fully saturated rings. The average molecular weight is 589 g/mol. The van der Waals surface area contributed by atoms with E-state index in [-0.39, 0.29) is 0 Å². The first-order valence-electron chi connectivity index (χ1n) is 15.9. The molecule has 0 atom stereocenters. The topological polar surface area (TPSA) is 44.1 Å². The molecule has 45 heavy (non-hydrogen) atoms. The number of imidazole rings is 1. The van der Waals surface area contributed by atoms with Gasteiger partial charge < -0.3 is 8.83 Å². The summed E-state index contributed by atoms with van der Waals surface area (Å²) >= 11 is 0. The summed E-state index contributed by atoms with van der Waals surface area (Å²) in [6.45, 7) is 13.3. The van der Waals surface area contributed by atoms with Gasteiger partial charge in [-0.1, -0.05) is 100 Å². The fourth-order valence-electron chi connectivity index (χ4n) is 6.95. The molecule has 5 aromatic carbocycles. The minimum absolute atomic E-state index is 0.328. The number of benzene rings is 5. The van der Waals surface area contributed by atoms with Gasteiger partial charge in [0.05, 0.1) is 27.7 Å². The summed E-state index contributed by atoms with van der Waals surface area (Å²) < 4.78 is 16.0. The van der Waals surface area contributed by atoms with Crippen molar-refractivity contribution in [2.75, 3.05) is 0 Å². The van der Waals surface area contributed by atoms with Crippen LogP contribution in [0.1, 0.15) is 61.8 Å². The Balaban J connectivity index is 1.56. The van der Waals surface area contributed by atoms with Gasteiger partial charge in [-0.05, 0) is 66.6 Å². The molecular formula is C41H36N2O2. The maximum Gasteiger partial charge on any atom is 0.150 e. The van der Waals surface area contributed by atoms with E-state index < -0.39 is 0 Å². The van der Waals surface area contributed by atoms with Crippen LogP contribution in [-0.4, -0.2) is 9.55 Å². The summed E-state index contributed by atoms with van der Waals surface area (Å²) in [5.74, 6) is 2.41. The van der Waals surface area contributed by atoms with Crippen molar-refractivity contribution < 1.29 is 8.83 Å². The fourth-order valence-corrected chi connectivity index (χ4v) is 6.95. The molecule has 8 rings (SSSR count). The van der Waals surface area contributed by atoms with E-state index in [1.165, 1.54) is 16.8 Å². The van der Waals surface area contributed by atoms with E-state index in [1.807, 2.05) is 6.07 Å². The van der Waals surface area contributed by atoms with E-state index >= 15 is 0 Å². The monoisotopic (exact) mass is 588 g/mol. The SMILES string of the molecule is Cc1ccc2c(c1)oc1c(-c3nc4ccccc4n3-c3c(C(C)C)cccc3C(C)C)cc3c(C)c(-c4ccccc4)oc3c12. The summed E-state index contributed by atoms with van der Waals surface area (Å²) in [6.07, 6.45) is 0. The van der Waals surface area contributed by atoms with Crippen molar-refractivity contribution >= 4 is 43.9 Å². The minimum Gasteiger partial charge on any atom is -0.455 e. The Morgan fingerprint density at radius 1 is 0.667 bits per heavy atom. The smallest absolute Gasteiger partial charge is 0.150 e. The molecule has 3 heterocycles. The Morgan fingerprint density at radius 2 is 1.38 bits per heavy atom. The van der Waals surface area contributed by atoms with Crippen LogP contribution in [0.3, 0.4) is 0 Å². The highest BCUT2D eigenvalue weighted by Crippen LogP contribution is 2.46. The Morgan fingerprint density at radius 3 is 2.11 bits per heavy atom. The maximum absolute atomic E-state index is 6.81. The number of fused-ring (bicyclic) bond motifs is 6. The molecule has 3 aromatic heterocycles. The maximum atomic E-state index is 6.81. The van der Waals surface area contributed by atoms with E-state index in [9.17, 15) is 0 Å². The lowest BCUT2D eigenvalue weighted by Gasteiger charge is -2.22. The lowest BCUT2D eigenvalue weighted by Crippen LogP contribution is -2.08. The lowest BCUT2D eigenvalue weighted by atomic mass is 9.92. The number of aryl methyl sites for hydroxylation is 2. The molecule has 0 unspecified atom stereocenters. The number of nitrogens with zero attached hydrogens (tertiary/aromatic N) is 2. The van der Waals surface area contributed by atoms with Gasteiger partial charge >= 0.3 is 0 Å². The molecule has 4 nitrogen and oxygen atoms in total. The number of hydrogen-bond acceptors (Lipinski definition) is 3. The van der Waals surface area contributed by atoms with Gasteiger partial charge in [0.2, 0.25) is 0 Å². The Bertz CT molecular complexity index is 2370. The van der Waals surface area contributed by atoms with Crippen LogP contribution in [0, 0.1) is 13.8 Å². The van der Waals surface area contributed by atoms with Gasteiger partial charge in [0.1, 0.15) is 28.3 Å². The predicted molar refractivity (Wildman–Crippen MR) is 187 cm³/mol. The number of aromatic nitrogens is 2. The zero-order valence-electron chi connectivity index (χ0n) is 26.6. The second-order valence-electron chi connectivity index (χ2n) is 12.9. The van der Waals surface area contributed by atoms with Crippen molar-refractivity contribution in [1.82, 2.24) is 9.55 Å². The first-order valence-corrected chi connectivity index (χ1v) is 15.9. The molecule has 0 aliphatic carbocycles. The van der Waals surface area contributed by atoms with Gasteiger partial charge in [0.25, 0.3) is 0 Å². The highest BCUT2D eigenvalue weighted by molar-refractivity contribution is 6.21. The van der Waals surface area contributed by atoms with Crippen molar-refractivity contribution in [3.05, 3.63) is 119 Å². The predicted octanol–water partition coefficient (Wildman–Crippen LogP) is 11.9. The van der Waals surface area contributed by atoms with Gasteiger partial charge in [0, 0.05) is 21.9 Å². The summed E-state index contributed by atoms with van der Waals surface area (Å²) in [6, 6.07) is 34.2. The van der Waals surface area contributed by atoms with E-state index in [0.29, 0.717) is 11.8 Å². The standard InChI is InChI=1S/C41H36N2O2/c1-23(2)28-15-12-16-29(24(3)4)37(28)43-34-18-11-10-17-33(34)42-41(43)32-22-31-26(6)38(27-13-8-7-9-14-27)45-39(31)36-30-20-19-25(5)21-35(30)44-40(32)36/h7-24H,1-6H3. The normalized spacial score (nSPS) is 12.2. The van der Waals surface area contributed by atoms with Crippen LogP contribution in [0.25, 0.3) is 72.3 Å². The highest BCUT2D eigenvalue weighted by Gasteiger charge is 2.27. The number of rotatable bonds is 5. The zero-order valence-corrected chi connectivity index (χ0v) is 26.6. The lowest BCUT2D eigenvalue weighted by molar-refractivity contribution is 0.631. The van der Waals surface area contributed by atoms with Crippen molar-refractivity contribution in [2.24, 2.45) is 0 Å². The zero-order chi connectivity index (χ0) is 31.0. The molecule has 8 aromatic rings. The Labute approximate surface area is 262 Å². The van der Waals surface area contributed by atoms with E-state index in [4.69, 9.17) is 13.8 Å². The van der Waals surface area contributed by atoms with Crippen LogP contribution in [0.15, 0.2) is 106 Å². The molecule has 0 saturated carbocycles. The van der Waals surface area contributed by atoms with Gasteiger partial charge in [-0.25, -0.2) is 4.98 Å². The molecule has 222 valence electrons. The third-order valence-electron chi connectivity index (χ3n) is 9.20. The number of furan rings is 2. The van der Waals surface area contributed by atoms with Crippen LogP contribution < -0.4 is 0 Å². The summed E-state index contributed by atoms with van der Waals surface area (Å²) in [5.41, 5.74) is 12.6. The van der Waals surface area contributed by atoms with Gasteiger partial charge in [-0.2, -0.15) is 0 Å². The molecule has 4 heteroatoms. The van der Waals surface area contributed by atoms with Crippen LogP contribution in [0.4, 0.5) is 0 Å². The van der Waals surface area contributed by atoms with E-state index in [2.05, 4.69) is 137 Å². The Hall–Kier alpha value is -5.09. The number of hydrogen-bond donors (Lipinski definition) is 0. The molecule has 0 N–H and O–H groups in total. The summed E-state index contributed by atoms with van der Waals surface area (Å²) in [7, 11) is 0. The van der Waals surface area contributed by atoms with Crippen molar-refractivity contribution in [3.63, 3.8) is 0 Å². The third kappa shape index (κ3) is 4.16. The van der Waals surface area contributed by atoms with Crippen LogP contribution >= 0.6 is 0 Å². The third-order valence-corrected chi connectivity index (χ3v) is 9.20. The largest absolute Gasteiger partial charge is 0.455 e. The molecule has 0 amide bonds. The first-order chi connectivity index (χ1) is 21.8. The molecular weight excluding hydrogens is 552 g/mol. The van der Waals surface area contributed by atoms with Crippen molar-refractivity contribution in [1.29, 1.82) is 0 Å². The van der Waals surface area contributed by atoms with Crippen molar-refractivity contribution in [2.45, 2.75) is 53.4 Å². The van der Waals surface area contributed by atoms with Crippen LogP contribution in [0.2, 0.25) is 0 Å².